The van der Waals surface area contributed by atoms with Crippen molar-refractivity contribution in [1.29, 1.82) is 0 Å². The standard InChI is InChI=1S/C21H18O3.C13H17NO3/c1-15-3-11-20(12-4-15)24-21(22)18-7-5-16(6-8-18)17-9-13-19(23-2)14-10-17;1-13(2,3)10-6-4-9(5-7-10)12(17)14-8-11(15)16/h3-14H,1-2H3;4-7H,8H2,1-3H3,(H,14,17)(H,15,16). The van der Waals surface area contributed by atoms with Crippen molar-refractivity contribution in [2.75, 3.05) is 13.7 Å². The highest BCUT2D eigenvalue weighted by Gasteiger charge is 2.14. The Hall–Kier alpha value is -4.91. The molecule has 4 aromatic carbocycles. The summed E-state index contributed by atoms with van der Waals surface area (Å²) in [6, 6.07) is 29.7. The molecule has 7 heteroatoms. The predicted octanol–water partition coefficient (Wildman–Crippen LogP) is 6.69. The van der Waals surface area contributed by atoms with E-state index >= 15 is 0 Å². The number of benzene rings is 4. The molecule has 0 bridgehead atoms. The molecule has 0 unspecified atom stereocenters. The van der Waals surface area contributed by atoms with Crippen LogP contribution >= 0.6 is 0 Å². The summed E-state index contributed by atoms with van der Waals surface area (Å²) in [5.74, 6) is -0.417. The quantitative estimate of drug-likeness (QED) is 0.195. The van der Waals surface area contributed by atoms with Crippen molar-refractivity contribution < 1.29 is 29.0 Å². The number of aryl methyl sites for hydroxylation is 1. The number of esters is 1. The summed E-state index contributed by atoms with van der Waals surface area (Å²) in [4.78, 5) is 34.0. The van der Waals surface area contributed by atoms with Gasteiger partial charge in [0.2, 0.25) is 0 Å². The highest BCUT2D eigenvalue weighted by atomic mass is 16.5. The van der Waals surface area contributed by atoms with E-state index in [1.54, 1.807) is 43.5 Å². The molecule has 0 atom stereocenters. The van der Waals surface area contributed by atoms with Crippen molar-refractivity contribution >= 4 is 17.8 Å². The molecule has 0 spiro atoms. The second-order valence-electron chi connectivity index (χ2n) is 10.4. The lowest BCUT2D eigenvalue weighted by Gasteiger charge is -2.18. The van der Waals surface area contributed by atoms with Crippen LogP contribution in [0.2, 0.25) is 0 Å². The molecule has 0 saturated heterocycles. The second-order valence-corrected chi connectivity index (χ2v) is 10.4. The third kappa shape index (κ3) is 9.35. The van der Waals surface area contributed by atoms with Crippen molar-refractivity contribution in [1.82, 2.24) is 5.32 Å². The average molecular weight is 554 g/mol. The highest BCUT2D eigenvalue weighted by Crippen LogP contribution is 2.24. The third-order valence-corrected chi connectivity index (χ3v) is 6.19. The molecule has 0 fully saturated rings. The Morgan fingerprint density at radius 1 is 0.707 bits per heavy atom. The van der Waals surface area contributed by atoms with Crippen molar-refractivity contribution in [3.63, 3.8) is 0 Å². The fourth-order valence-corrected chi connectivity index (χ4v) is 3.73. The minimum absolute atomic E-state index is 0.0378. The van der Waals surface area contributed by atoms with Gasteiger partial charge in [-0.1, -0.05) is 74.9 Å². The molecule has 0 aliphatic rings. The van der Waals surface area contributed by atoms with E-state index in [1.165, 1.54) is 0 Å². The Morgan fingerprint density at radius 3 is 1.68 bits per heavy atom. The molecule has 1 amide bonds. The Kier molecular flexibility index (Phi) is 10.4. The summed E-state index contributed by atoms with van der Waals surface area (Å²) in [6.07, 6.45) is 0. The van der Waals surface area contributed by atoms with E-state index in [-0.39, 0.29) is 23.8 Å². The molecule has 2 N–H and O–H groups in total. The SMILES string of the molecule is CC(C)(C)c1ccc(C(=O)NCC(=O)O)cc1.COc1ccc(-c2ccc(C(=O)Oc3ccc(C)cc3)cc2)cc1. The molecule has 0 aliphatic carbocycles. The number of hydrogen-bond donors (Lipinski definition) is 2. The summed E-state index contributed by atoms with van der Waals surface area (Å²) in [7, 11) is 1.64. The number of ether oxygens (including phenoxy) is 2. The van der Waals surface area contributed by atoms with Gasteiger partial charge in [-0.25, -0.2) is 4.79 Å². The summed E-state index contributed by atoms with van der Waals surface area (Å²) < 4.78 is 10.5. The molecule has 7 nitrogen and oxygen atoms in total. The monoisotopic (exact) mass is 553 g/mol. The first kappa shape index (κ1) is 30.6. The average Bonchev–Trinajstić information content (AvgIpc) is 2.97. The summed E-state index contributed by atoms with van der Waals surface area (Å²) >= 11 is 0. The zero-order valence-electron chi connectivity index (χ0n) is 23.9. The van der Waals surface area contributed by atoms with Crippen molar-refractivity contribution in [3.05, 3.63) is 119 Å². The van der Waals surface area contributed by atoms with Gasteiger partial charge in [-0.05, 0) is 77.6 Å². The summed E-state index contributed by atoms with van der Waals surface area (Å²) in [5, 5.41) is 10.8. The van der Waals surface area contributed by atoms with Crippen LogP contribution in [0.5, 0.6) is 11.5 Å². The minimum Gasteiger partial charge on any atom is -0.497 e. The number of carbonyl (C=O) groups is 3. The highest BCUT2D eigenvalue weighted by molar-refractivity contribution is 5.95. The first-order valence-corrected chi connectivity index (χ1v) is 13.1. The van der Waals surface area contributed by atoms with Gasteiger partial charge in [-0.3, -0.25) is 9.59 Å². The van der Waals surface area contributed by atoms with Crippen LogP contribution in [0.3, 0.4) is 0 Å². The van der Waals surface area contributed by atoms with Crippen LogP contribution in [0, 0.1) is 6.92 Å². The van der Waals surface area contributed by atoms with Gasteiger partial charge in [-0.2, -0.15) is 0 Å². The smallest absolute Gasteiger partial charge is 0.343 e. The molecule has 0 radical (unpaired) electrons. The maximum atomic E-state index is 12.2. The molecule has 0 aromatic heterocycles. The fraction of sp³-hybridized carbons (Fsp3) is 0.206. The fourth-order valence-electron chi connectivity index (χ4n) is 3.73. The number of methoxy groups -OCH3 is 1. The van der Waals surface area contributed by atoms with Gasteiger partial charge in [0.25, 0.3) is 5.91 Å². The third-order valence-electron chi connectivity index (χ3n) is 6.19. The van der Waals surface area contributed by atoms with Gasteiger partial charge in [0.1, 0.15) is 18.0 Å². The Labute approximate surface area is 240 Å². The van der Waals surface area contributed by atoms with Crippen LogP contribution < -0.4 is 14.8 Å². The maximum Gasteiger partial charge on any atom is 0.343 e. The number of aliphatic carboxylic acids is 1. The van der Waals surface area contributed by atoms with Gasteiger partial charge in [0, 0.05) is 5.56 Å². The normalized spacial score (nSPS) is 10.6. The van der Waals surface area contributed by atoms with Crippen LogP contribution in [-0.2, 0) is 10.2 Å². The molecular weight excluding hydrogens is 518 g/mol. The topological polar surface area (TPSA) is 102 Å². The Balaban J connectivity index is 0.000000241. The van der Waals surface area contributed by atoms with Gasteiger partial charge in [0.15, 0.2) is 0 Å². The molecule has 0 aliphatic heterocycles. The lowest BCUT2D eigenvalue weighted by molar-refractivity contribution is -0.135. The van der Waals surface area contributed by atoms with Gasteiger partial charge < -0.3 is 19.9 Å². The zero-order chi connectivity index (χ0) is 30.0. The zero-order valence-corrected chi connectivity index (χ0v) is 23.9. The molecule has 4 aromatic rings. The molecule has 212 valence electrons. The van der Waals surface area contributed by atoms with Crippen LogP contribution in [0.15, 0.2) is 97.1 Å². The number of nitrogens with one attached hydrogen (secondary N) is 1. The van der Waals surface area contributed by atoms with Crippen LogP contribution in [0.4, 0.5) is 0 Å². The van der Waals surface area contributed by atoms with E-state index in [1.807, 2.05) is 67.6 Å². The van der Waals surface area contributed by atoms with Gasteiger partial charge in [-0.15, -0.1) is 0 Å². The number of carbonyl (C=O) groups excluding carboxylic acids is 2. The first-order chi connectivity index (χ1) is 19.5. The predicted molar refractivity (Wildman–Crippen MR) is 160 cm³/mol. The van der Waals surface area contributed by atoms with E-state index in [4.69, 9.17) is 14.6 Å². The summed E-state index contributed by atoms with van der Waals surface area (Å²) in [5.41, 5.74) is 5.38. The number of hydrogen-bond acceptors (Lipinski definition) is 5. The van der Waals surface area contributed by atoms with E-state index < -0.39 is 5.97 Å². The molecule has 41 heavy (non-hydrogen) atoms. The van der Waals surface area contributed by atoms with E-state index in [0.29, 0.717) is 16.9 Å². The lowest BCUT2D eigenvalue weighted by atomic mass is 9.87. The van der Waals surface area contributed by atoms with Crippen molar-refractivity contribution in [2.24, 2.45) is 0 Å². The van der Waals surface area contributed by atoms with E-state index in [2.05, 4.69) is 26.1 Å². The van der Waals surface area contributed by atoms with Gasteiger partial charge in [0.05, 0.1) is 12.7 Å². The second kappa shape index (κ2) is 13.9. The lowest BCUT2D eigenvalue weighted by Crippen LogP contribution is -2.29. The van der Waals surface area contributed by atoms with Crippen LogP contribution in [0.1, 0.15) is 52.6 Å². The number of carboxylic acid groups (broad SMARTS) is 1. The van der Waals surface area contributed by atoms with Crippen molar-refractivity contribution in [3.8, 4) is 22.6 Å². The molecule has 0 saturated carbocycles. The number of rotatable bonds is 7. The number of amides is 1. The Morgan fingerprint density at radius 2 is 1.20 bits per heavy atom. The number of carboxylic acids is 1. The van der Waals surface area contributed by atoms with Gasteiger partial charge >= 0.3 is 11.9 Å². The van der Waals surface area contributed by atoms with Crippen molar-refractivity contribution in [2.45, 2.75) is 33.1 Å². The maximum absolute atomic E-state index is 12.2. The van der Waals surface area contributed by atoms with E-state index in [0.717, 1.165) is 28.0 Å². The first-order valence-electron chi connectivity index (χ1n) is 13.1. The van der Waals surface area contributed by atoms with Crippen LogP contribution in [-0.4, -0.2) is 36.6 Å². The molecule has 0 heterocycles. The molecular formula is C34H35NO6. The Bertz CT molecular complexity index is 1450. The minimum atomic E-state index is -1.05. The largest absolute Gasteiger partial charge is 0.497 e. The van der Waals surface area contributed by atoms with Crippen LogP contribution in [0.25, 0.3) is 11.1 Å². The van der Waals surface area contributed by atoms with E-state index in [9.17, 15) is 14.4 Å². The summed E-state index contributed by atoms with van der Waals surface area (Å²) in [6.45, 7) is 7.90. The molecule has 4 rings (SSSR count).